The van der Waals surface area contributed by atoms with Crippen molar-refractivity contribution in [2.45, 2.75) is 58.5 Å². The molecule has 0 aromatic carbocycles. The maximum Gasteiger partial charge on any atom is 0.0620 e. The van der Waals surface area contributed by atoms with Crippen molar-refractivity contribution < 1.29 is 4.74 Å². The fourth-order valence-corrected chi connectivity index (χ4v) is 2.32. The van der Waals surface area contributed by atoms with E-state index >= 15 is 0 Å². The van der Waals surface area contributed by atoms with Crippen molar-refractivity contribution >= 4 is 0 Å². The predicted octanol–water partition coefficient (Wildman–Crippen LogP) is 2.27. The van der Waals surface area contributed by atoms with Crippen molar-refractivity contribution in [1.82, 2.24) is 10.2 Å². The van der Waals surface area contributed by atoms with Crippen LogP contribution in [0.25, 0.3) is 0 Å². The van der Waals surface area contributed by atoms with E-state index in [0.29, 0.717) is 12.1 Å². The van der Waals surface area contributed by atoms with Crippen LogP contribution in [-0.4, -0.2) is 49.8 Å². The summed E-state index contributed by atoms with van der Waals surface area (Å²) in [6.45, 7) is 12.1. The lowest BCUT2D eigenvalue weighted by molar-refractivity contribution is 0.0680. The van der Waals surface area contributed by atoms with E-state index in [2.05, 4.69) is 31.0 Å². The van der Waals surface area contributed by atoms with Gasteiger partial charge < -0.3 is 15.0 Å². The number of nitrogens with one attached hydrogen (secondary N) is 1. The molecule has 0 aromatic heterocycles. The average Bonchev–Trinajstić information content (AvgIpc) is 2.34. The van der Waals surface area contributed by atoms with Crippen LogP contribution in [-0.2, 0) is 4.74 Å². The Kier molecular flexibility index (Phi) is 7.82. The van der Waals surface area contributed by atoms with E-state index in [1.54, 1.807) is 0 Å². The SMILES string of the molecule is CCCCCN(CCC1COCCN1)C(C)C. The molecule has 0 spiro atoms. The first-order valence-corrected chi connectivity index (χ1v) is 7.29. The second kappa shape index (κ2) is 8.90. The van der Waals surface area contributed by atoms with Gasteiger partial charge in [0.15, 0.2) is 0 Å². The molecule has 3 nitrogen and oxygen atoms in total. The molecular formula is C14H30N2O. The lowest BCUT2D eigenvalue weighted by Gasteiger charge is -2.30. The van der Waals surface area contributed by atoms with E-state index in [9.17, 15) is 0 Å². The van der Waals surface area contributed by atoms with Gasteiger partial charge in [0, 0.05) is 18.6 Å². The molecule has 0 radical (unpaired) electrons. The summed E-state index contributed by atoms with van der Waals surface area (Å²) >= 11 is 0. The number of rotatable bonds is 8. The van der Waals surface area contributed by atoms with Crippen LogP contribution < -0.4 is 5.32 Å². The van der Waals surface area contributed by atoms with Crippen LogP contribution in [0, 0.1) is 0 Å². The summed E-state index contributed by atoms with van der Waals surface area (Å²) < 4.78 is 5.49. The molecule has 1 aliphatic heterocycles. The standard InChI is InChI=1S/C14H30N2O/c1-4-5-6-9-16(13(2)3)10-7-14-12-17-11-8-15-14/h13-15H,4-12H2,1-3H3. The second-order valence-electron chi connectivity index (χ2n) is 5.35. The molecule has 3 heteroatoms. The Morgan fingerprint density at radius 1 is 1.29 bits per heavy atom. The Hall–Kier alpha value is -0.120. The van der Waals surface area contributed by atoms with Crippen molar-refractivity contribution in [2.24, 2.45) is 0 Å². The first kappa shape index (κ1) is 14.9. The largest absolute Gasteiger partial charge is 0.379 e. The smallest absolute Gasteiger partial charge is 0.0620 e. The number of morpholine rings is 1. The first-order chi connectivity index (χ1) is 8.24. The Labute approximate surface area is 107 Å². The van der Waals surface area contributed by atoms with Gasteiger partial charge in [0.2, 0.25) is 0 Å². The maximum atomic E-state index is 5.49. The molecular weight excluding hydrogens is 212 g/mol. The van der Waals surface area contributed by atoms with Gasteiger partial charge in [-0.05, 0) is 39.8 Å². The summed E-state index contributed by atoms with van der Waals surface area (Å²) in [6.07, 6.45) is 5.21. The van der Waals surface area contributed by atoms with Crippen LogP contribution in [0.15, 0.2) is 0 Å². The normalized spacial score (nSPS) is 21.4. The molecule has 1 saturated heterocycles. The van der Waals surface area contributed by atoms with Gasteiger partial charge in [-0.25, -0.2) is 0 Å². The van der Waals surface area contributed by atoms with E-state index < -0.39 is 0 Å². The molecule has 1 aliphatic rings. The highest BCUT2D eigenvalue weighted by Gasteiger charge is 2.15. The number of hydrogen-bond donors (Lipinski definition) is 1. The van der Waals surface area contributed by atoms with Gasteiger partial charge in [-0.2, -0.15) is 0 Å². The monoisotopic (exact) mass is 242 g/mol. The van der Waals surface area contributed by atoms with Gasteiger partial charge >= 0.3 is 0 Å². The third-order valence-electron chi connectivity index (χ3n) is 3.54. The minimum atomic E-state index is 0.566. The van der Waals surface area contributed by atoms with Crippen LogP contribution in [0.3, 0.4) is 0 Å². The minimum absolute atomic E-state index is 0.566. The van der Waals surface area contributed by atoms with E-state index in [1.165, 1.54) is 38.8 Å². The second-order valence-corrected chi connectivity index (χ2v) is 5.35. The fraction of sp³-hybridized carbons (Fsp3) is 1.00. The molecule has 0 aliphatic carbocycles. The molecule has 17 heavy (non-hydrogen) atoms. The minimum Gasteiger partial charge on any atom is -0.379 e. The van der Waals surface area contributed by atoms with Gasteiger partial charge in [-0.15, -0.1) is 0 Å². The number of unbranched alkanes of at least 4 members (excludes halogenated alkanes) is 2. The Balaban J connectivity index is 2.18. The summed E-state index contributed by atoms with van der Waals surface area (Å²) in [7, 11) is 0. The third kappa shape index (κ3) is 6.39. The van der Waals surface area contributed by atoms with Crippen LogP contribution in [0.5, 0.6) is 0 Å². The summed E-state index contributed by atoms with van der Waals surface area (Å²) in [5.41, 5.74) is 0. The molecule has 1 unspecified atom stereocenters. The van der Waals surface area contributed by atoms with Gasteiger partial charge in [0.05, 0.1) is 13.2 Å². The zero-order valence-electron chi connectivity index (χ0n) is 11.9. The van der Waals surface area contributed by atoms with Crippen LogP contribution in [0.1, 0.15) is 46.5 Å². The third-order valence-corrected chi connectivity index (χ3v) is 3.54. The van der Waals surface area contributed by atoms with E-state index in [1.807, 2.05) is 0 Å². The zero-order valence-corrected chi connectivity index (χ0v) is 11.9. The molecule has 0 bridgehead atoms. The van der Waals surface area contributed by atoms with E-state index in [0.717, 1.165) is 19.8 Å². The fourth-order valence-electron chi connectivity index (χ4n) is 2.32. The van der Waals surface area contributed by atoms with E-state index in [4.69, 9.17) is 4.74 Å². The lowest BCUT2D eigenvalue weighted by Crippen LogP contribution is -2.44. The zero-order chi connectivity index (χ0) is 12.5. The lowest BCUT2D eigenvalue weighted by atomic mass is 10.1. The molecule has 1 fully saturated rings. The molecule has 0 amide bonds. The van der Waals surface area contributed by atoms with Crippen molar-refractivity contribution in [3.05, 3.63) is 0 Å². The molecule has 1 rings (SSSR count). The molecule has 1 heterocycles. The van der Waals surface area contributed by atoms with Gasteiger partial charge in [0.25, 0.3) is 0 Å². The summed E-state index contributed by atoms with van der Waals surface area (Å²) in [5, 5.41) is 3.53. The number of nitrogens with zero attached hydrogens (tertiary/aromatic N) is 1. The van der Waals surface area contributed by atoms with Crippen molar-refractivity contribution in [2.75, 3.05) is 32.8 Å². The number of hydrogen-bond acceptors (Lipinski definition) is 3. The Morgan fingerprint density at radius 3 is 2.71 bits per heavy atom. The van der Waals surface area contributed by atoms with Crippen LogP contribution >= 0.6 is 0 Å². The molecule has 102 valence electrons. The van der Waals surface area contributed by atoms with Crippen molar-refractivity contribution in [3.63, 3.8) is 0 Å². The van der Waals surface area contributed by atoms with Gasteiger partial charge in [-0.1, -0.05) is 19.8 Å². The molecule has 1 atom stereocenters. The molecule has 0 aromatic rings. The van der Waals surface area contributed by atoms with E-state index in [-0.39, 0.29) is 0 Å². The Morgan fingerprint density at radius 2 is 2.12 bits per heavy atom. The maximum absolute atomic E-state index is 5.49. The highest BCUT2D eigenvalue weighted by molar-refractivity contribution is 4.73. The Bertz CT molecular complexity index is 179. The average molecular weight is 242 g/mol. The van der Waals surface area contributed by atoms with Gasteiger partial charge in [-0.3, -0.25) is 0 Å². The van der Waals surface area contributed by atoms with Crippen LogP contribution in [0.4, 0.5) is 0 Å². The highest BCUT2D eigenvalue weighted by atomic mass is 16.5. The first-order valence-electron chi connectivity index (χ1n) is 7.29. The predicted molar refractivity (Wildman–Crippen MR) is 73.5 cm³/mol. The molecule has 1 N–H and O–H groups in total. The summed E-state index contributed by atoms with van der Waals surface area (Å²) in [5.74, 6) is 0. The van der Waals surface area contributed by atoms with Crippen LogP contribution in [0.2, 0.25) is 0 Å². The van der Waals surface area contributed by atoms with Crippen molar-refractivity contribution in [1.29, 1.82) is 0 Å². The topological polar surface area (TPSA) is 24.5 Å². The highest BCUT2D eigenvalue weighted by Crippen LogP contribution is 2.07. The van der Waals surface area contributed by atoms with Crippen molar-refractivity contribution in [3.8, 4) is 0 Å². The summed E-state index contributed by atoms with van der Waals surface area (Å²) in [6, 6.07) is 1.23. The quantitative estimate of drug-likeness (QED) is 0.661. The summed E-state index contributed by atoms with van der Waals surface area (Å²) in [4.78, 5) is 2.60. The molecule has 0 saturated carbocycles. The number of ether oxygens (including phenoxy) is 1. The van der Waals surface area contributed by atoms with Gasteiger partial charge in [0.1, 0.15) is 0 Å².